The highest BCUT2D eigenvalue weighted by Crippen LogP contribution is 2.28. The highest BCUT2D eigenvalue weighted by molar-refractivity contribution is 6.31. The van der Waals surface area contributed by atoms with Crippen LogP contribution in [0.2, 0.25) is 5.02 Å². The fourth-order valence-corrected chi connectivity index (χ4v) is 1.82. The van der Waals surface area contributed by atoms with E-state index in [1.54, 1.807) is 6.92 Å². The van der Waals surface area contributed by atoms with E-state index in [-0.39, 0.29) is 6.54 Å². The summed E-state index contributed by atoms with van der Waals surface area (Å²) in [5, 5.41) is 8.27. The third kappa shape index (κ3) is 2.32. The first-order valence-corrected chi connectivity index (χ1v) is 5.74. The number of azide groups is 1. The van der Waals surface area contributed by atoms with Crippen LogP contribution in [0, 0.1) is 13.8 Å². The average Bonchev–Trinajstić information content (AvgIpc) is 2.72. The summed E-state index contributed by atoms with van der Waals surface area (Å²) < 4.78 is 5.15. The first kappa shape index (κ1) is 12.5. The van der Waals surface area contributed by atoms with Gasteiger partial charge in [0.1, 0.15) is 11.5 Å². The summed E-state index contributed by atoms with van der Waals surface area (Å²) in [5.41, 5.74) is 11.7. The van der Waals surface area contributed by atoms with Gasteiger partial charge in [0.15, 0.2) is 0 Å². The molecule has 1 aromatic heterocycles. The van der Waals surface area contributed by atoms with Gasteiger partial charge in [-0.15, -0.1) is 0 Å². The maximum absolute atomic E-state index is 8.39. The summed E-state index contributed by atoms with van der Waals surface area (Å²) in [7, 11) is 0. The van der Waals surface area contributed by atoms with Gasteiger partial charge in [-0.3, -0.25) is 0 Å². The summed E-state index contributed by atoms with van der Waals surface area (Å²) in [6.07, 6.45) is 0. The molecule has 0 aliphatic heterocycles. The number of hydrogen-bond donors (Lipinski definition) is 0. The molecule has 2 rings (SSSR count). The van der Waals surface area contributed by atoms with E-state index in [1.165, 1.54) is 0 Å². The molecule has 0 atom stereocenters. The van der Waals surface area contributed by atoms with E-state index in [0.29, 0.717) is 16.5 Å². The standard InChI is InChI=1S/C12H11ClN4O/c1-7-5-9(3-4-11(7)13)12-10(6-15-17-14)8(2)18-16-12/h3-5H,6H2,1-2H3. The third-order valence-electron chi connectivity index (χ3n) is 2.71. The maximum atomic E-state index is 8.39. The van der Waals surface area contributed by atoms with E-state index in [2.05, 4.69) is 15.2 Å². The van der Waals surface area contributed by atoms with Gasteiger partial charge in [-0.2, -0.15) is 0 Å². The van der Waals surface area contributed by atoms with Crippen LogP contribution in [0.1, 0.15) is 16.9 Å². The predicted molar refractivity (Wildman–Crippen MR) is 69.3 cm³/mol. The Bertz CT molecular complexity index is 629. The van der Waals surface area contributed by atoms with Gasteiger partial charge in [0.2, 0.25) is 0 Å². The van der Waals surface area contributed by atoms with Gasteiger partial charge in [0.05, 0.1) is 6.54 Å². The zero-order valence-electron chi connectivity index (χ0n) is 10.0. The maximum Gasteiger partial charge on any atom is 0.137 e. The summed E-state index contributed by atoms with van der Waals surface area (Å²) in [6.45, 7) is 3.94. The van der Waals surface area contributed by atoms with Crippen molar-refractivity contribution in [2.45, 2.75) is 20.4 Å². The van der Waals surface area contributed by atoms with Crippen molar-refractivity contribution >= 4 is 11.6 Å². The molecule has 0 saturated heterocycles. The summed E-state index contributed by atoms with van der Waals surface area (Å²) >= 11 is 5.99. The minimum absolute atomic E-state index is 0.225. The van der Waals surface area contributed by atoms with Gasteiger partial charge in [-0.25, -0.2) is 0 Å². The van der Waals surface area contributed by atoms with Crippen LogP contribution in [0.5, 0.6) is 0 Å². The third-order valence-corrected chi connectivity index (χ3v) is 3.13. The van der Waals surface area contributed by atoms with Gasteiger partial charge in [0, 0.05) is 21.1 Å². The fraction of sp³-hybridized carbons (Fsp3) is 0.250. The molecule has 0 unspecified atom stereocenters. The number of nitrogens with zero attached hydrogens (tertiary/aromatic N) is 4. The van der Waals surface area contributed by atoms with Crippen molar-refractivity contribution in [2.24, 2.45) is 5.11 Å². The Hall–Kier alpha value is -1.97. The van der Waals surface area contributed by atoms with E-state index in [4.69, 9.17) is 21.7 Å². The largest absolute Gasteiger partial charge is 0.361 e. The van der Waals surface area contributed by atoms with Gasteiger partial charge in [-0.1, -0.05) is 27.9 Å². The lowest BCUT2D eigenvalue weighted by Gasteiger charge is -2.02. The number of hydrogen-bond acceptors (Lipinski definition) is 3. The van der Waals surface area contributed by atoms with Crippen LogP contribution in [0.4, 0.5) is 0 Å². The number of rotatable bonds is 3. The topological polar surface area (TPSA) is 74.8 Å². The molecule has 0 aliphatic rings. The molecule has 6 heteroatoms. The molecule has 0 saturated carbocycles. The molecule has 0 aliphatic carbocycles. The van der Waals surface area contributed by atoms with Gasteiger partial charge in [-0.05, 0) is 37.1 Å². The Morgan fingerprint density at radius 3 is 2.89 bits per heavy atom. The molecule has 0 spiro atoms. The van der Waals surface area contributed by atoms with Gasteiger partial charge < -0.3 is 4.52 Å². The average molecular weight is 263 g/mol. The molecule has 18 heavy (non-hydrogen) atoms. The summed E-state index contributed by atoms with van der Waals surface area (Å²) in [4.78, 5) is 2.75. The number of aryl methyl sites for hydroxylation is 2. The van der Waals surface area contributed by atoms with Crippen LogP contribution in [-0.2, 0) is 6.54 Å². The van der Waals surface area contributed by atoms with Crippen molar-refractivity contribution in [3.8, 4) is 11.3 Å². The monoisotopic (exact) mass is 262 g/mol. The molecule has 1 aromatic carbocycles. The second-order valence-corrected chi connectivity index (χ2v) is 4.33. The zero-order chi connectivity index (χ0) is 13.1. The second-order valence-electron chi connectivity index (χ2n) is 3.92. The molecule has 92 valence electrons. The van der Waals surface area contributed by atoms with Crippen LogP contribution in [0.3, 0.4) is 0 Å². The van der Waals surface area contributed by atoms with Crippen molar-refractivity contribution in [2.75, 3.05) is 0 Å². The van der Waals surface area contributed by atoms with Gasteiger partial charge in [0.25, 0.3) is 0 Å². The first-order chi connectivity index (χ1) is 8.63. The van der Waals surface area contributed by atoms with Crippen LogP contribution in [0.15, 0.2) is 27.8 Å². The lowest BCUT2D eigenvalue weighted by Crippen LogP contribution is -1.88. The SMILES string of the molecule is Cc1cc(-c2noc(C)c2CN=[N+]=[N-])ccc1Cl. The number of halogens is 1. The lowest BCUT2D eigenvalue weighted by atomic mass is 10.0. The van der Waals surface area contributed by atoms with Gasteiger partial charge >= 0.3 is 0 Å². The minimum atomic E-state index is 0.225. The molecule has 0 bridgehead atoms. The highest BCUT2D eigenvalue weighted by atomic mass is 35.5. The fourth-order valence-electron chi connectivity index (χ4n) is 1.70. The van der Waals surface area contributed by atoms with E-state index in [1.807, 2.05) is 25.1 Å². The Labute approximate surface area is 109 Å². The molecule has 0 radical (unpaired) electrons. The number of aromatic nitrogens is 1. The predicted octanol–water partition coefficient (Wildman–Crippen LogP) is 4.42. The van der Waals surface area contributed by atoms with E-state index in [9.17, 15) is 0 Å². The Balaban J connectivity index is 2.49. The first-order valence-electron chi connectivity index (χ1n) is 5.36. The quantitative estimate of drug-likeness (QED) is 0.466. The Kier molecular flexibility index (Phi) is 3.55. The van der Waals surface area contributed by atoms with Crippen molar-refractivity contribution < 1.29 is 4.52 Å². The van der Waals surface area contributed by atoms with Crippen molar-refractivity contribution in [1.29, 1.82) is 0 Å². The minimum Gasteiger partial charge on any atom is -0.361 e. The van der Waals surface area contributed by atoms with Crippen LogP contribution in [-0.4, -0.2) is 5.16 Å². The Morgan fingerprint density at radius 2 is 2.22 bits per heavy atom. The van der Waals surface area contributed by atoms with Crippen molar-refractivity contribution in [3.05, 3.63) is 50.6 Å². The molecular formula is C12H11ClN4O. The smallest absolute Gasteiger partial charge is 0.137 e. The zero-order valence-corrected chi connectivity index (χ0v) is 10.8. The van der Waals surface area contributed by atoms with Crippen LogP contribution in [0.25, 0.3) is 21.7 Å². The van der Waals surface area contributed by atoms with Crippen LogP contribution >= 0.6 is 11.6 Å². The van der Waals surface area contributed by atoms with E-state index in [0.717, 1.165) is 16.7 Å². The molecular weight excluding hydrogens is 252 g/mol. The second kappa shape index (κ2) is 5.12. The summed E-state index contributed by atoms with van der Waals surface area (Å²) in [6, 6.07) is 5.61. The molecule has 2 aromatic rings. The van der Waals surface area contributed by atoms with E-state index >= 15 is 0 Å². The molecule has 5 nitrogen and oxygen atoms in total. The number of benzene rings is 1. The molecule has 1 heterocycles. The summed E-state index contributed by atoms with van der Waals surface area (Å²) in [5.74, 6) is 0.657. The van der Waals surface area contributed by atoms with E-state index < -0.39 is 0 Å². The normalized spacial score (nSPS) is 10.2. The molecule has 0 amide bonds. The lowest BCUT2D eigenvalue weighted by molar-refractivity contribution is 0.398. The molecule has 0 fully saturated rings. The van der Waals surface area contributed by atoms with Crippen molar-refractivity contribution in [3.63, 3.8) is 0 Å². The highest BCUT2D eigenvalue weighted by Gasteiger charge is 2.14. The van der Waals surface area contributed by atoms with Crippen LogP contribution < -0.4 is 0 Å². The molecule has 0 N–H and O–H groups in total. The van der Waals surface area contributed by atoms with Crippen molar-refractivity contribution in [1.82, 2.24) is 5.16 Å². The Morgan fingerprint density at radius 1 is 1.44 bits per heavy atom.